The number of hydrogen-bond donors (Lipinski definition) is 2. The van der Waals surface area contributed by atoms with Gasteiger partial charge in [-0.3, -0.25) is 0 Å². The Morgan fingerprint density at radius 1 is 1.57 bits per heavy atom. The van der Waals surface area contributed by atoms with Gasteiger partial charge in [-0.1, -0.05) is 0 Å². The summed E-state index contributed by atoms with van der Waals surface area (Å²) in [5.41, 5.74) is 5.78. The van der Waals surface area contributed by atoms with Gasteiger partial charge in [0.1, 0.15) is 13.7 Å². The summed E-state index contributed by atoms with van der Waals surface area (Å²) >= 11 is 0. The Morgan fingerprint density at radius 2 is 2.21 bits per heavy atom. The third kappa shape index (κ3) is 3.75. The van der Waals surface area contributed by atoms with Crippen molar-refractivity contribution in [2.24, 2.45) is 12.8 Å². The van der Waals surface area contributed by atoms with Gasteiger partial charge in [0.25, 0.3) is 0 Å². The molecule has 5 nitrogen and oxygen atoms in total. The van der Waals surface area contributed by atoms with Crippen LogP contribution in [0.3, 0.4) is 0 Å². The molecule has 14 heavy (non-hydrogen) atoms. The highest BCUT2D eigenvalue weighted by molar-refractivity contribution is 5.64. The molecule has 1 heterocycles. The van der Waals surface area contributed by atoms with Crippen LogP contribution < -0.4 is 15.6 Å². The number of nitrogens with zero attached hydrogens (tertiary/aromatic N) is 1. The Morgan fingerprint density at radius 3 is 2.79 bits per heavy atom. The third-order valence-electron chi connectivity index (χ3n) is 1.65. The predicted molar refractivity (Wildman–Crippen MR) is 51.6 cm³/mol. The van der Waals surface area contributed by atoms with Crippen LogP contribution in [0.1, 0.15) is 0 Å². The minimum atomic E-state index is -0.744. The van der Waals surface area contributed by atoms with Gasteiger partial charge in [0.2, 0.25) is 0 Å². The zero-order chi connectivity index (χ0) is 10.4. The van der Waals surface area contributed by atoms with Crippen LogP contribution in [0.5, 0.6) is 0 Å². The molecule has 76 valence electrons. The van der Waals surface area contributed by atoms with E-state index in [2.05, 4.69) is 10.1 Å². The van der Waals surface area contributed by atoms with Crippen molar-refractivity contribution in [2.75, 3.05) is 18.5 Å². The molecular weight excluding hydrogens is 182 g/mol. The van der Waals surface area contributed by atoms with Crippen molar-refractivity contribution in [2.45, 2.75) is 0 Å². The lowest BCUT2D eigenvalue weighted by Crippen LogP contribution is -2.26. The Balaban J connectivity index is 2.25. The highest BCUT2D eigenvalue weighted by atomic mass is 16.5. The van der Waals surface area contributed by atoms with E-state index in [4.69, 9.17) is 5.73 Å². The largest absolute Gasteiger partial charge is 0.448 e. The summed E-state index contributed by atoms with van der Waals surface area (Å²) in [6.45, 7) is 0.826. The molecular formula is C9H14N3O2+. The molecule has 0 atom stereocenters. The van der Waals surface area contributed by atoms with Gasteiger partial charge in [-0.15, -0.1) is 0 Å². The number of anilines is 1. The van der Waals surface area contributed by atoms with Crippen LogP contribution in [0.4, 0.5) is 10.5 Å². The van der Waals surface area contributed by atoms with E-state index in [1.165, 1.54) is 0 Å². The average Bonchev–Trinajstić information content (AvgIpc) is 2.15. The van der Waals surface area contributed by atoms with Gasteiger partial charge in [-0.2, -0.15) is 0 Å². The smallest absolute Gasteiger partial charge is 0.404 e. The molecule has 0 aromatic carbocycles. The quantitative estimate of drug-likeness (QED) is 0.527. The number of hydrogen-bond acceptors (Lipinski definition) is 3. The molecule has 0 aliphatic carbocycles. The second kappa shape index (κ2) is 5.06. The van der Waals surface area contributed by atoms with Gasteiger partial charge < -0.3 is 15.8 Å². The summed E-state index contributed by atoms with van der Waals surface area (Å²) in [4.78, 5) is 10.2. The first-order chi connectivity index (χ1) is 6.68. The second-order valence-electron chi connectivity index (χ2n) is 2.85. The van der Waals surface area contributed by atoms with E-state index in [-0.39, 0.29) is 6.61 Å². The van der Waals surface area contributed by atoms with Gasteiger partial charge in [0.05, 0.1) is 0 Å². The minimum absolute atomic E-state index is 0.274. The maximum Gasteiger partial charge on any atom is 0.404 e. The Labute approximate surface area is 82.5 Å². The monoisotopic (exact) mass is 196 g/mol. The molecule has 0 saturated carbocycles. The van der Waals surface area contributed by atoms with E-state index >= 15 is 0 Å². The molecule has 1 amide bonds. The van der Waals surface area contributed by atoms with Crippen molar-refractivity contribution < 1.29 is 14.1 Å². The Bertz CT molecular complexity index is 297. The van der Waals surface area contributed by atoms with Crippen molar-refractivity contribution in [3.8, 4) is 0 Å². The number of nitrogens with two attached hydrogens (primary N) is 1. The molecule has 3 N–H and O–H groups in total. The van der Waals surface area contributed by atoms with Gasteiger partial charge in [0, 0.05) is 24.4 Å². The predicted octanol–water partition coefficient (Wildman–Crippen LogP) is 0.0183. The lowest BCUT2D eigenvalue weighted by Gasteiger charge is -2.04. The maximum absolute atomic E-state index is 10.2. The second-order valence-corrected chi connectivity index (χ2v) is 2.85. The molecule has 0 bridgehead atoms. The van der Waals surface area contributed by atoms with E-state index in [9.17, 15) is 4.79 Å². The molecule has 1 aromatic rings. The number of pyridine rings is 1. The van der Waals surface area contributed by atoms with Crippen LogP contribution >= 0.6 is 0 Å². The standard InChI is InChI=1S/C9H13N3O2/c1-12-5-2-8(3-6-12)11-4-7-14-9(10)13/h2-3,5-6H,4,7H2,1H3,(H2,10,13)/p+1. The Kier molecular flexibility index (Phi) is 3.72. The fraction of sp³-hybridized carbons (Fsp3) is 0.333. The molecule has 1 rings (SSSR count). The highest BCUT2D eigenvalue weighted by Gasteiger charge is 1.96. The lowest BCUT2D eigenvalue weighted by molar-refractivity contribution is -0.671. The van der Waals surface area contributed by atoms with Crippen LogP contribution in [0.25, 0.3) is 0 Å². The van der Waals surface area contributed by atoms with Crippen molar-refractivity contribution in [1.82, 2.24) is 0 Å². The van der Waals surface area contributed by atoms with E-state index in [1.807, 2.05) is 36.1 Å². The molecule has 0 radical (unpaired) electrons. The molecule has 1 aromatic heterocycles. The summed E-state index contributed by atoms with van der Waals surface area (Å²) in [5.74, 6) is 0. The molecule has 0 unspecified atom stereocenters. The van der Waals surface area contributed by atoms with E-state index in [0.717, 1.165) is 5.69 Å². The number of nitrogens with one attached hydrogen (secondary N) is 1. The number of aryl methyl sites for hydroxylation is 1. The number of rotatable bonds is 4. The van der Waals surface area contributed by atoms with E-state index < -0.39 is 6.09 Å². The zero-order valence-corrected chi connectivity index (χ0v) is 8.06. The normalized spacial score (nSPS) is 9.50. The lowest BCUT2D eigenvalue weighted by atomic mass is 10.4. The molecule has 0 saturated heterocycles. The molecule has 0 spiro atoms. The number of carbonyl (C=O) groups is 1. The van der Waals surface area contributed by atoms with Crippen molar-refractivity contribution >= 4 is 11.8 Å². The first-order valence-electron chi connectivity index (χ1n) is 4.30. The summed E-state index contributed by atoms with van der Waals surface area (Å²) in [5, 5.41) is 3.08. The van der Waals surface area contributed by atoms with Gasteiger partial charge in [-0.05, 0) is 0 Å². The van der Waals surface area contributed by atoms with Crippen LogP contribution in [0.15, 0.2) is 24.5 Å². The Hall–Kier alpha value is -1.78. The average molecular weight is 196 g/mol. The topological polar surface area (TPSA) is 68.2 Å². The summed E-state index contributed by atoms with van der Waals surface area (Å²) in [7, 11) is 1.94. The summed E-state index contributed by atoms with van der Waals surface area (Å²) in [6.07, 6.45) is 3.11. The van der Waals surface area contributed by atoms with Crippen molar-refractivity contribution in [3.63, 3.8) is 0 Å². The number of carbonyl (C=O) groups excluding carboxylic acids is 1. The number of primary amides is 1. The summed E-state index contributed by atoms with van der Waals surface area (Å²) < 4.78 is 6.49. The van der Waals surface area contributed by atoms with E-state index in [1.54, 1.807) is 0 Å². The first-order valence-corrected chi connectivity index (χ1v) is 4.30. The number of amides is 1. The number of ether oxygens (including phenoxy) is 1. The highest BCUT2D eigenvalue weighted by Crippen LogP contribution is 2.00. The van der Waals surface area contributed by atoms with Crippen molar-refractivity contribution in [1.29, 1.82) is 0 Å². The van der Waals surface area contributed by atoms with Crippen LogP contribution in [-0.2, 0) is 11.8 Å². The third-order valence-corrected chi connectivity index (χ3v) is 1.65. The number of aromatic nitrogens is 1. The van der Waals surface area contributed by atoms with Crippen LogP contribution in [0, 0.1) is 0 Å². The molecule has 0 fully saturated rings. The van der Waals surface area contributed by atoms with Crippen LogP contribution in [-0.4, -0.2) is 19.2 Å². The van der Waals surface area contributed by atoms with Crippen molar-refractivity contribution in [3.05, 3.63) is 24.5 Å². The van der Waals surface area contributed by atoms with Gasteiger partial charge >= 0.3 is 6.09 Å². The first kappa shape index (κ1) is 10.3. The molecule has 5 heteroatoms. The fourth-order valence-electron chi connectivity index (χ4n) is 0.966. The molecule has 0 aliphatic rings. The molecule has 0 aliphatic heterocycles. The zero-order valence-electron chi connectivity index (χ0n) is 8.06. The van der Waals surface area contributed by atoms with Gasteiger partial charge in [-0.25, -0.2) is 9.36 Å². The maximum atomic E-state index is 10.2. The minimum Gasteiger partial charge on any atom is -0.448 e. The van der Waals surface area contributed by atoms with Gasteiger partial charge in [0.15, 0.2) is 12.4 Å². The fourth-order valence-corrected chi connectivity index (χ4v) is 0.966. The van der Waals surface area contributed by atoms with E-state index in [0.29, 0.717) is 6.54 Å². The SMILES string of the molecule is C[n+]1ccc(NCCOC(N)=O)cc1. The van der Waals surface area contributed by atoms with Crippen LogP contribution in [0.2, 0.25) is 0 Å². The summed E-state index contributed by atoms with van der Waals surface area (Å²) in [6, 6.07) is 3.87.